The van der Waals surface area contributed by atoms with E-state index in [0.29, 0.717) is 19.1 Å². The first-order chi connectivity index (χ1) is 6.02. The van der Waals surface area contributed by atoms with Gasteiger partial charge in [-0.05, 0) is 34.2 Å². The zero-order valence-electron chi connectivity index (χ0n) is 8.96. The molecule has 0 aromatic rings. The molecule has 0 aromatic heterocycles. The molecule has 0 saturated carbocycles. The zero-order valence-corrected chi connectivity index (χ0v) is 8.96. The first-order valence-corrected chi connectivity index (χ1v) is 5.00. The summed E-state index contributed by atoms with van der Waals surface area (Å²) in [6.07, 6.45) is 0.109. The van der Waals surface area contributed by atoms with Crippen LogP contribution in [0.1, 0.15) is 27.2 Å². The van der Waals surface area contributed by atoms with Crippen LogP contribution in [0.4, 0.5) is 4.39 Å². The Hall–Kier alpha value is -0.150. The lowest BCUT2D eigenvalue weighted by Crippen LogP contribution is -2.37. The second kappa shape index (κ2) is 4.38. The summed E-state index contributed by atoms with van der Waals surface area (Å²) in [4.78, 5) is 2.08. The van der Waals surface area contributed by atoms with Crippen LogP contribution in [0.15, 0.2) is 0 Å². The molecule has 0 aromatic carbocycles. The molecule has 0 unspecified atom stereocenters. The van der Waals surface area contributed by atoms with Crippen LogP contribution in [0, 0.1) is 0 Å². The molecule has 1 aliphatic rings. The number of likely N-dealkylation sites (N-methyl/N-ethyl adjacent to an activating group) is 1. The van der Waals surface area contributed by atoms with Gasteiger partial charge in [0, 0.05) is 6.04 Å². The lowest BCUT2D eigenvalue weighted by Gasteiger charge is -2.24. The smallest absolute Gasteiger partial charge is 0.119 e. The van der Waals surface area contributed by atoms with Gasteiger partial charge < -0.3 is 4.74 Å². The van der Waals surface area contributed by atoms with Gasteiger partial charge in [0.05, 0.1) is 18.8 Å². The van der Waals surface area contributed by atoms with E-state index < -0.39 is 6.17 Å². The van der Waals surface area contributed by atoms with Crippen LogP contribution in [0.2, 0.25) is 0 Å². The first-order valence-electron chi connectivity index (χ1n) is 5.00. The number of halogens is 1. The number of hydrogen-bond donors (Lipinski definition) is 0. The average molecular weight is 189 g/mol. The van der Waals surface area contributed by atoms with Gasteiger partial charge in [-0.25, -0.2) is 4.39 Å². The summed E-state index contributed by atoms with van der Waals surface area (Å²) in [5.74, 6) is 0. The number of likely N-dealkylation sites (tertiary alicyclic amines) is 1. The quantitative estimate of drug-likeness (QED) is 0.671. The number of hydrogen-bond acceptors (Lipinski definition) is 2. The van der Waals surface area contributed by atoms with Crippen LogP contribution < -0.4 is 0 Å². The van der Waals surface area contributed by atoms with E-state index in [9.17, 15) is 4.39 Å². The van der Waals surface area contributed by atoms with Gasteiger partial charge in [-0.15, -0.1) is 0 Å². The third-order valence-corrected chi connectivity index (χ3v) is 2.80. The highest BCUT2D eigenvalue weighted by Gasteiger charge is 2.36. The van der Waals surface area contributed by atoms with Gasteiger partial charge in [-0.2, -0.15) is 0 Å². The van der Waals surface area contributed by atoms with Crippen molar-refractivity contribution in [3.63, 3.8) is 0 Å². The zero-order chi connectivity index (χ0) is 10.0. The van der Waals surface area contributed by atoms with E-state index >= 15 is 0 Å². The molecule has 0 spiro atoms. The molecular weight excluding hydrogens is 169 g/mol. The molecule has 0 aliphatic carbocycles. The summed E-state index contributed by atoms with van der Waals surface area (Å²) in [5, 5.41) is 0. The minimum atomic E-state index is -0.723. The summed E-state index contributed by atoms with van der Waals surface area (Å²) < 4.78 is 18.9. The van der Waals surface area contributed by atoms with Crippen LogP contribution in [-0.4, -0.2) is 42.9 Å². The highest BCUT2D eigenvalue weighted by Crippen LogP contribution is 2.25. The van der Waals surface area contributed by atoms with Crippen molar-refractivity contribution >= 4 is 0 Å². The normalized spacial score (nSPS) is 36.0. The standard InChI is InChI=1S/C10H20FNO/c1-7(2)13-6-10-9(11)5-8(3)12(10)4/h7-10H,5-6H2,1-4H3/t8-,9+,10+/m0/s1. The van der Waals surface area contributed by atoms with Crippen molar-refractivity contribution in [3.8, 4) is 0 Å². The average Bonchev–Trinajstić information content (AvgIpc) is 2.24. The van der Waals surface area contributed by atoms with E-state index in [-0.39, 0.29) is 12.1 Å². The molecule has 2 nitrogen and oxygen atoms in total. The Morgan fingerprint density at radius 2 is 2.15 bits per heavy atom. The van der Waals surface area contributed by atoms with Crippen molar-refractivity contribution < 1.29 is 9.13 Å². The van der Waals surface area contributed by atoms with E-state index in [1.807, 2.05) is 20.9 Å². The predicted molar refractivity (Wildman–Crippen MR) is 51.6 cm³/mol. The number of rotatable bonds is 3. The fourth-order valence-corrected chi connectivity index (χ4v) is 1.74. The summed E-state index contributed by atoms with van der Waals surface area (Å²) in [6.45, 7) is 6.53. The van der Waals surface area contributed by atoms with Crippen molar-refractivity contribution in [2.24, 2.45) is 0 Å². The topological polar surface area (TPSA) is 12.5 Å². The second-order valence-electron chi connectivity index (χ2n) is 4.22. The summed E-state index contributed by atoms with van der Waals surface area (Å²) in [6, 6.07) is 0.299. The van der Waals surface area contributed by atoms with E-state index in [1.165, 1.54) is 0 Å². The van der Waals surface area contributed by atoms with Crippen LogP contribution in [0.5, 0.6) is 0 Å². The summed E-state index contributed by atoms with van der Waals surface area (Å²) in [7, 11) is 1.97. The van der Waals surface area contributed by atoms with Gasteiger partial charge in [-0.1, -0.05) is 0 Å². The van der Waals surface area contributed by atoms with E-state index in [4.69, 9.17) is 4.74 Å². The lowest BCUT2D eigenvalue weighted by atomic mass is 10.2. The number of nitrogens with zero attached hydrogens (tertiary/aromatic N) is 1. The molecule has 1 aliphatic heterocycles. The number of ether oxygens (including phenoxy) is 1. The van der Waals surface area contributed by atoms with E-state index in [2.05, 4.69) is 11.8 Å². The molecule has 1 rings (SSSR count). The second-order valence-corrected chi connectivity index (χ2v) is 4.22. The van der Waals surface area contributed by atoms with Crippen LogP contribution in [0.3, 0.4) is 0 Å². The fraction of sp³-hybridized carbons (Fsp3) is 1.00. The van der Waals surface area contributed by atoms with Crippen LogP contribution in [0.25, 0.3) is 0 Å². The molecule has 3 atom stereocenters. The Labute approximate surface area is 80.1 Å². The Kier molecular flexibility index (Phi) is 3.68. The van der Waals surface area contributed by atoms with Crippen LogP contribution in [-0.2, 0) is 4.74 Å². The molecular formula is C10H20FNO. The molecule has 0 radical (unpaired) electrons. The Balaban J connectivity index is 2.39. The predicted octanol–water partition coefficient (Wildman–Crippen LogP) is 1.84. The van der Waals surface area contributed by atoms with Gasteiger partial charge in [-0.3, -0.25) is 4.90 Å². The van der Waals surface area contributed by atoms with E-state index in [0.717, 1.165) is 0 Å². The minimum Gasteiger partial charge on any atom is -0.377 e. The largest absolute Gasteiger partial charge is 0.377 e. The minimum absolute atomic E-state index is 0.0441. The Bertz CT molecular complexity index is 163. The molecule has 78 valence electrons. The number of alkyl halides is 1. The van der Waals surface area contributed by atoms with Gasteiger partial charge in [0.2, 0.25) is 0 Å². The van der Waals surface area contributed by atoms with Gasteiger partial charge in [0.25, 0.3) is 0 Å². The summed E-state index contributed by atoms with van der Waals surface area (Å²) in [5.41, 5.74) is 0. The molecule has 0 N–H and O–H groups in total. The lowest BCUT2D eigenvalue weighted by molar-refractivity contribution is 0.0235. The first kappa shape index (κ1) is 10.9. The van der Waals surface area contributed by atoms with Crippen LogP contribution >= 0.6 is 0 Å². The molecule has 1 saturated heterocycles. The molecule has 0 amide bonds. The molecule has 1 heterocycles. The van der Waals surface area contributed by atoms with Crippen molar-refractivity contribution in [2.45, 2.75) is 51.6 Å². The Morgan fingerprint density at radius 3 is 2.54 bits per heavy atom. The van der Waals surface area contributed by atoms with Gasteiger partial charge in [0.15, 0.2) is 0 Å². The fourth-order valence-electron chi connectivity index (χ4n) is 1.74. The Morgan fingerprint density at radius 1 is 1.54 bits per heavy atom. The highest BCUT2D eigenvalue weighted by molar-refractivity contribution is 4.90. The molecule has 0 bridgehead atoms. The molecule has 3 heteroatoms. The van der Waals surface area contributed by atoms with E-state index in [1.54, 1.807) is 0 Å². The third-order valence-electron chi connectivity index (χ3n) is 2.80. The SMILES string of the molecule is CC(C)OC[C@@H]1[C@H](F)C[C@H](C)N1C. The monoisotopic (exact) mass is 189 g/mol. The molecule has 13 heavy (non-hydrogen) atoms. The van der Waals surface area contributed by atoms with Gasteiger partial charge >= 0.3 is 0 Å². The van der Waals surface area contributed by atoms with Gasteiger partial charge in [0.1, 0.15) is 6.17 Å². The van der Waals surface area contributed by atoms with Crippen molar-refractivity contribution in [1.29, 1.82) is 0 Å². The maximum Gasteiger partial charge on any atom is 0.119 e. The highest BCUT2D eigenvalue weighted by atomic mass is 19.1. The van der Waals surface area contributed by atoms with Crippen molar-refractivity contribution in [2.75, 3.05) is 13.7 Å². The molecule has 1 fully saturated rings. The van der Waals surface area contributed by atoms with Crippen molar-refractivity contribution in [3.05, 3.63) is 0 Å². The maximum atomic E-state index is 13.4. The third kappa shape index (κ3) is 2.64. The summed E-state index contributed by atoms with van der Waals surface area (Å²) >= 11 is 0. The maximum absolute atomic E-state index is 13.4. The van der Waals surface area contributed by atoms with Crippen molar-refractivity contribution in [1.82, 2.24) is 4.90 Å².